The maximum atomic E-state index is 13.2. The van der Waals surface area contributed by atoms with Crippen LogP contribution in [0.1, 0.15) is 39.4 Å². The van der Waals surface area contributed by atoms with Gasteiger partial charge < -0.3 is 18.9 Å². The lowest BCUT2D eigenvalue weighted by Gasteiger charge is -2.30. The standard InChI is InChI=1S/C28H20O6/c1-31-21-8-4-2-7-17(21)13-24-27(30)19-10-11-23-26(28(19)34-24)20(14-25(29)33-23)18-12-16-6-3-5-9-22(16)32-15-18/h2-13,20H,14-15H2,1H3/b24-13-. The van der Waals surface area contributed by atoms with Gasteiger partial charge in [0.25, 0.3) is 0 Å². The van der Waals surface area contributed by atoms with Gasteiger partial charge in [0, 0.05) is 22.6 Å². The number of rotatable bonds is 3. The van der Waals surface area contributed by atoms with Crippen molar-refractivity contribution in [2.75, 3.05) is 13.7 Å². The van der Waals surface area contributed by atoms with E-state index in [9.17, 15) is 9.59 Å². The van der Waals surface area contributed by atoms with Crippen LogP contribution in [-0.4, -0.2) is 25.5 Å². The number of carbonyl (C=O) groups excluding carboxylic acids is 2. The number of hydrogen-bond donors (Lipinski definition) is 0. The fourth-order valence-electron chi connectivity index (χ4n) is 4.68. The molecular formula is C28H20O6. The minimum absolute atomic E-state index is 0.143. The third kappa shape index (κ3) is 3.27. The molecule has 6 heteroatoms. The Bertz CT molecular complexity index is 1410. The van der Waals surface area contributed by atoms with Crippen molar-refractivity contribution in [3.8, 4) is 23.0 Å². The van der Waals surface area contributed by atoms with Crippen LogP contribution in [0.3, 0.4) is 0 Å². The predicted octanol–water partition coefficient (Wildman–Crippen LogP) is 5.18. The van der Waals surface area contributed by atoms with E-state index in [2.05, 4.69) is 0 Å². The Morgan fingerprint density at radius 2 is 1.76 bits per heavy atom. The molecule has 3 aliphatic rings. The molecule has 0 N–H and O–H groups in total. The Kier molecular flexibility index (Phi) is 4.73. The van der Waals surface area contributed by atoms with Crippen molar-refractivity contribution < 1.29 is 28.5 Å². The van der Waals surface area contributed by atoms with E-state index in [0.29, 0.717) is 35.0 Å². The lowest BCUT2D eigenvalue weighted by Crippen LogP contribution is -2.24. The molecule has 0 amide bonds. The zero-order chi connectivity index (χ0) is 23.2. The quantitative estimate of drug-likeness (QED) is 0.310. The number of ether oxygens (including phenoxy) is 4. The number of Topliss-reactive ketones (excluding diaryl/α,β-unsaturated/α-hetero) is 1. The zero-order valence-corrected chi connectivity index (χ0v) is 18.4. The van der Waals surface area contributed by atoms with Crippen molar-refractivity contribution in [2.45, 2.75) is 12.3 Å². The van der Waals surface area contributed by atoms with E-state index in [1.807, 2.05) is 54.6 Å². The van der Waals surface area contributed by atoms with E-state index in [4.69, 9.17) is 18.9 Å². The van der Waals surface area contributed by atoms with Gasteiger partial charge in [0.2, 0.25) is 5.78 Å². The van der Waals surface area contributed by atoms with Gasteiger partial charge in [-0.25, -0.2) is 0 Å². The number of fused-ring (bicyclic) bond motifs is 4. The summed E-state index contributed by atoms with van der Waals surface area (Å²) in [6.07, 6.45) is 3.87. The lowest BCUT2D eigenvalue weighted by molar-refractivity contribution is -0.135. The van der Waals surface area contributed by atoms with Gasteiger partial charge in [-0.1, -0.05) is 36.4 Å². The Labute approximate surface area is 196 Å². The molecule has 34 heavy (non-hydrogen) atoms. The van der Waals surface area contributed by atoms with Gasteiger partial charge in [0.15, 0.2) is 5.76 Å². The van der Waals surface area contributed by atoms with Gasteiger partial charge in [0.05, 0.1) is 19.1 Å². The van der Waals surface area contributed by atoms with Crippen molar-refractivity contribution in [1.82, 2.24) is 0 Å². The van der Waals surface area contributed by atoms with Crippen LogP contribution in [0, 0.1) is 0 Å². The monoisotopic (exact) mass is 452 g/mol. The molecule has 0 aromatic heterocycles. The molecule has 3 heterocycles. The highest BCUT2D eigenvalue weighted by Crippen LogP contribution is 2.50. The second-order valence-electron chi connectivity index (χ2n) is 8.31. The fourth-order valence-corrected chi connectivity index (χ4v) is 4.68. The van der Waals surface area contributed by atoms with Crippen LogP contribution in [0.2, 0.25) is 0 Å². The SMILES string of the molecule is COc1ccccc1/C=C1\Oc2c(ccc3c2C(C2=Cc4ccccc4OC2)CC(=O)O3)C1=O. The minimum Gasteiger partial charge on any atom is -0.496 e. The summed E-state index contributed by atoms with van der Waals surface area (Å²) in [7, 11) is 1.58. The van der Waals surface area contributed by atoms with Crippen LogP contribution in [0.4, 0.5) is 0 Å². The van der Waals surface area contributed by atoms with Crippen molar-refractivity contribution in [3.05, 3.63) is 94.2 Å². The van der Waals surface area contributed by atoms with Crippen LogP contribution in [-0.2, 0) is 4.79 Å². The van der Waals surface area contributed by atoms with Crippen LogP contribution >= 0.6 is 0 Å². The van der Waals surface area contributed by atoms with E-state index >= 15 is 0 Å². The number of methoxy groups -OCH3 is 1. The summed E-state index contributed by atoms with van der Waals surface area (Å²) < 4.78 is 23.0. The number of ketones is 1. The van der Waals surface area contributed by atoms with Crippen molar-refractivity contribution in [1.29, 1.82) is 0 Å². The third-order valence-corrected chi connectivity index (χ3v) is 6.31. The normalized spacial score (nSPS) is 19.3. The zero-order valence-electron chi connectivity index (χ0n) is 18.4. The fraction of sp³-hybridized carbons (Fsp3) is 0.143. The van der Waals surface area contributed by atoms with E-state index in [1.54, 1.807) is 25.3 Å². The molecule has 0 fully saturated rings. The predicted molar refractivity (Wildman–Crippen MR) is 125 cm³/mol. The molecule has 0 spiro atoms. The molecule has 0 aliphatic carbocycles. The highest BCUT2D eigenvalue weighted by atomic mass is 16.5. The van der Waals surface area contributed by atoms with Gasteiger partial charge in [-0.15, -0.1) is 0 Å². The van der Waals surface area contributed by atoms with Crippen LogP contribution in [0.25, 0.3) is 12.2 Å². The lowest BCUT2D eigenvalue weighted by atomic mass is 9.83. The summed E-state index contributed by atoms with van der Waals surface area (Å²) in [5, 5.41) is 0. The molecule has 0 saturated carbocycles. The van der Waals surface area contributed by atoms with Gasteiger partial charge in [-0.2, -0.15) is 0 Å². The molecule has 6 rings (SSSR count). The third-order valence-electron chi connectivity index (χ3n) is 6.31. The maximum absolute atomic E-state index is 13.2. The van der Waals surface area contributed by atoms with Crippen molar-refractivity contribution >= 4 is 23.9 Å². The second-order valence-corrected chi connectivity index (χ2v) is 8.31. The first-order chi connectivity index (χ1) is 16.6. The van der Waals surface area contributed by atoms with E-state index < -0.39 is 0 Å². The first kappa shape index (κ1) is 20.3. The Morgan fingerprint density at radius 1 is 0.941 bits per heavy atom. The maximum Gasteiger partial charge on any atom is 0.312 e. The summed E-state index contributed by atoms with van der Waals surface area (Å²) in [6.45, 7) is 0.343. The average Bonchev–Trinajstić information content (AvgIpc) is 3.18. The van der Waals surface area contributed by atoms with Crippen LogP contribution in [0.15, 0.2) is 72.0 Å². The number of benzene rings is 3. The molecule has 1 unspecified atom stereocenters. The van der Waals surface area contributed by atoms with Crippen LogP contribution < -0.4 is 18.9 Å². The molecule has 3 aromatic rings. The van der Waals surface area contributed by atoms with Gasteiger partial charge in [-0.3, -0.25) is 9.59 Å². The summed E-state index contributed by atoms with van der Waals surface area (Å²) in [4.78, 5) is 25.7. The molecular weight excluding hydrogens is 432 g/mol. The number of para-hydroxylation sites is 2. The Balaban J connectivity index is 1.44. The topological polar surface area (TPSA) is 71.1 Å². The van der Waals surface area contributed by atoms with Gasteiger partial charge >= 0.3 is 5.97 Å². The number of allylic oxidation sites excluding steroid dienone is 1. The largest absolute Gasteiger partial charge is 0.496 e. The van der Waals surface area contributed by atoms with Crippen LogP contribution in [0.5, 0.6) is 23.0 Å². The molecule has 0 radical (unpaired) electrons. The molecule has 6 nitrogen and oxygen atoms in total. The summed E-state index contributed by atoms with van der Waals surface area (Å²) in [6, 6.07) is 18.5. The highest BCUT2D eigenvalue weighted by molar-refractivity contribution is 6.15. The molecule has 168 valence electrons. The molecule has 1 atom stereocenters. The molecule has 0 saturated heterocycles. The first-order valence-electron chi connectivity index (χ1n) is 11.0. The first-order valence-corrected chi connectivity index (χ1v) is 11.0. The van der Waals surface area contributed by atoms with E-state index in [-0.39, 0.29) is 29.9 Å². The molecule has 3 aliphatic heterocycles. The van der Waals surface area contributed by atoms with Gasteiger partial charge in [-0.05, 0) is 42.0 Å². The van der Waals surface area contributed by atoms with Gasteiger partial charge in [0.1, 0.15) is 29.6 Å². The minimum atomic E-state index is -0.327. The van der Waals surface area contributed by atoms with E-state index in [1.165, 1.54) is 0 Å². The molecule has 0 bridgehead atoms. The second kappa shape index (κ2) is 7.92. The van der Waals surface area contributed by atoms with Crippen molar-refractivity contribution in [3.63, 3.8) is 0 Å². The van der Waals surface area contributed by atoms with E-state index in [0.717, 1.165) is 22.4 Å². The summed E-state index contributed by atoms with van der Waals surface area (Å²) in [5.74, 6) is 1.61. The average molecular weight is 452 g/mol. The number of hydrogen-bond acceptors (Lipinski definition) is 6. The summed E-state index contributed by atoms with van der Waals surface area (Å²) in [5.41, 5.74) is 3.76. The number of esters is 1. The Hall–Kier alpha value is -4.32. The number of carbonyl (C=O) groups is 2. The summed E-state index contributed by atoms with van der Waals surface area (Å²) >= 11 is 0. The smallest absolute Gasteiger partial charge is 0.312 e. The van der Waals surface area contributed by atoms with Crippen molar-refractivity contribution in [2.24, 2.45) is 0 Å². The highest BCUT2D eigenvalue weighted by Gasteiger charge is 2.39. The Morgan fingerprint density at radius 3 is 2.65 bits per heavy atom. The molecule has 3 aromatic carbocycles.